The molecule has 3 amide bonds. The number of aliphatic hydroxyl groups is 1. The molecule has 0 bridgehead atoms. The van der Waals surface area contributed by atoms with Gasteiger partial charge in [0.05, 0.1) is 30.4 Å². The van der Waals surface area contributed by atoms with E-state index in [0.29, 0.717) is 38.4 Å². The van der Waals surface area contributed by atoms with E-state index >= 15 is 4.39 Å². The Hall–Kier alpha value is -4.56. The molecule has 52 heavy (non-hydrogen) atoms. The van der Waals surface area contributed by atoms with Crippen molar-refractivity contribution in [2.45, 2.75) is 77.8 Å². The summed E-state index contributed by atoms with van der Waals surface area (Å²) in [5.74, 6) is -2.08. The molecule has 5 rings (SSSR count). The van der Waals surface area contributed by atoms with E-state index in [2.05, 4.69) is 5.32 Å². The molecule has 2 saturated heterocycles. The number of halogens is 2. The molecule has 1 unspecified atom stereocenters. The van der Waals surface area contributed by atoms with Crippen molar-refractivity contribution < 1.29 is 42.5 Å². The quantitative estimate of drug-likeness (QED) is 0.247. The Balaban J connectivity index is 1.60. The van der Waals surface area contributed by atoms with Gasteiger partial charge in [-0.05, 0) is 70.2 Å². The van der Waals surface area contributed by atoms with Gasteiger partial charge >= 0.3 is 18.1 Å². The van der Waals surface area contributed by atoms with Crippen LogP contribution in [-0.2, 0) is 25.5 Å². The first-order chi connectivity index (χ1) is 24.7. The van der Waals surface area contributed by atoms with Gasteiger partial charge in [0.1, 0.15) is 29.7 Å². The molecule has 2 aliphatic heterocycles. The topological polar surface area (TPSA) is 135 Å². The van der Waals surface area contributed by atoms with Crippen molar-refractivity contribution in [1.29, 1.82) is 0 Å². The van der Waals surface area contributed by atoms with Crippen LogP contribution in [0.5, 0.6) is 0 Å². The number of nitrogens with zero attached hydrogens (tertiary/aromatic N) is 4. The average Bonchev–Trinajstić information content (AvgIpc) is 3.67. The Morgan fingerprint density at radius 3 is 2.48 bits per heavy atom. The van der Waals surface area contributed by atoms with Crippen molar-refractivity contribution in [1.82, 2.24) is 24.7 Å². The Labute approximate surface area is 303 Å². The molecule has 4 atom stereocenters. The second-order valence-electron chi connectivity index (χ2n) is 14.6. The molecule has 12 nitrogen and oxygen atoms in total. The number of amides is 3. The van der Waals surface area contributed by atoms with Crippen LogP contribution >= 0.6 is 0 Å². The van der Waals surface area contributed by atoms with Crippen molar-refractivity contribution >= 4 is 18.1 Å². The molecule has 2 aliphatic rings. The third kappa shape index (κ3) is 10.1. The molecule has 2 N–H and O–H groups in total. The molecule has 0 spiro atoms. The highest BCUT2D eigenvalue weighted by atomic mass is 19.1. The van der Waals surface area contributed by atoms with E-state index in [4.69, 9.17) is 19.2 Å². The van der Waals surface area contributed by atoms with Gasteiger partial charge < -0.3 is 39.0 Å². The average molecular weight is 726 g/mol. The van der Waals surface area contributed by atoms with E-state index in [1.807, 2.05) is 34.9 Å². The molecule has 3 heterocycles. The zero-order chi connectivity index (χ0) is 37.6. The van der Waals surface area contributed by atoms with Crippen molar-refractivity contribution in [2.24, 2.45) is 11.8 Å². The molecule has 1 aromatic heterocycles. The lowest BCUT2D eigenvalue weighted by Gasteiger charge is -2.40. The first-order valence-corrected chi connectivity index (χ1v) is 17.7. The van der Waals surface area contributed by atoms with Crippen LogP contribution < -0.4 is 5.32 Å². The van der Waals surface area contributed by atoms with Gasteiger partial charge in [0.2, 0.25) is 0 Å². The third-order valence-corrected chi connectivity index (χ3v) is 9.18. The second-order valence-corrected chi connectivity index (χ2v) is 14.6. The number of nitrogens with one attached hydrogen (secondary N) is 1. The largest absolute Gasteiger partial charge is 0.464 e. The molecule has 14 heteroatoms. The summed E-state index contributed by atoms with van der Waals surface area (Å²) >= 11 is 0. The number of imidazole rings is 1. The molecule has 2 fully saturated rings. The predicted octanol–water partition coefficient (Wildman–Crippen LogP) is 5.54. The van der Waals surface area contributed by atoms with Gasteiger partial charge in [0.25, 0.3) is 0 Å². The molecular weight excluding hydrogens is 676 g/mol. The summed E-state index contributed by atoms with van der Waals surface area (Å²) in [7, 11) is 0. The number of ether oxygens (including phenoxy) is 3. The standard InChI is InChI=1S/C38H49F2N5O7/c1-24(23-51-25(2)46)41-36(48)45(20-28-19-44(22-33(28)47)37(49)52-38(3,4)5)34(27-13-15-50-16-14-27)35-42-32(30-17-29(39)11-12-31(30)40)21-43(35)18-26-9-7-6-8-10-26/h6-12,17,21,24,27-28,33-34,47H,13-16,18-20,22-23H2,1-5H3,(H,41,48)/t24-,28+,33-,34?/m1/s1. The van der Waals surface area contributed by atoms with Gasteiger partial charge in [0.15, 0.2) is 0 Å². The van der Waals surface area contributed by atoms with Crippen molar-refractivity contribution in [3.8, 4) is 11.3 Å². The fourth-order valence-electron chi connectivity index (χ4n) is 6.70. The van der Waals surface area contributed by atoms with Crippen LogP contribution in [0.3, 0.4) is 0 Å². The number of carbonyl (C=O) groups is 3. The van der Waals surface area contributed by atoms with Crippen molar-refractivity contribution in [2.75, 3.05) is 39.5 Å². The minimum Gasteiger partial charge on any atom is -0.464 e. The molecular formula is C38H49F2N5O7. The van der Waals surface area contributed by atoms with Gasteiger partial charge in [-0.1, -0.05) is 30.3 Å². The van der Waals surface area contributed by atoms with Gasteiger partial charge in [-0.25, -0.2) is 23.4 Å². The van der Waals surface area contributed by atoms with Gasteiger partial charge in [0, 0.05) is 57.4 Å². The number of likely N-dealkylation sites (tertiary alicyclic amines) is 1. The predicted molar refractivity (Wildman–Crippen MR) is 188 cm³/mol. The zero-order valence-electron chi connectivity index (χ0n) is 30.4. The number of carbonyl (C=O) groups excluding carboxylic acids is 3. The van der Waals surface area contributed by atoms with Crippen LogP contribution in [0.4, 0.5) is 18.4 Å². The van der Waals surface area contributed by atoms with E-state index in [1.165, 1.54) is 11.8 Å². The fraction of sp³-hybridized carbons (Fsp3) is 0.526. The van der Waals surface area contributed by atoms with Crippen LogP contribution in [-0.4, -0.2) is 99.8 Å². The van der Waals surface area contributed by atoms with E-state index in [1.54, 1.807) is 38.8 Å². The van der Waals surface area contributed by atoms with Crippen LogP contribution in [0.1, 0.15) is 64.9 Å². The minimum atomic E-state index is -0.974. The summed E-state index contributed by atoms with van der Waals surface area (Å²) in [5.41, 5.74) is 0.348. The second kappa shape index (κ2) is 16.8. The number of hydrogen-bond acceptors (Lipinski definition) is 8. The van der Waals surface area contributed by atoms with E-state index in [9.17, 15) is 23.9 Å². The number of benzene rings is 2. The normalized spacial score (nSPS) is 19.2. The van der Waals surface area contributed by atoms with Gasteiger partial charge in [-0.15, -0.1) is 0 Å². The summed E-state index contributed by atoms with van der Waals surface area (Å²) in [6.07, 6.45) is 1.26. The third-order valence-electron chi connectivity index (χ3n) is 9.18. The summed E-state index contributed by atoms with van der Waals surface area (Å²) < 4.78 is 48.0. The van der Waals surface area contributed by atoms with Crippen LogP contribution in [0.25, 0.3) is 11.3 Å². The Bertz CT molecular complexity index is 1690. The monoisotopic (exact) mass is 725 g/mol. The molecule has 2 aromatic carbocycles. The summed E-state index contributed by atoms with van der Waals surface area (Å²) in [5, 5.41) is 14.3. The number of rotatable bonds is 11. The van der Waals surface area contributed by atoms with Crippen molar-refractivity contribution in [3.05, 3.63) is 77.8 Å². The van der Waals surface area contributed by atoms with Gasteiger partial charge in [-0.2, -0.15) is 0 Å². The van der Waals surface area contributed by atoms with E-state index in [-0.39, 0.29) is 43.4 Å². The lowest BCUT2D eigenvalue weighted by atomic mass is 9.89. The number of aromatic nitrogens is 2. The minimum absolute atomic E-state index is 0.0104. The Morgan fingerprint density at radius 1 is 1.10 bits per heavy atom. The Kier molecular flexibility index (Phi) is 12.5. The first kappa shape index (κ1) is 38.7. The summed E-state index contributed by atoms with van der Waals surface area (Å²) in [6, 6.07) is 10.9. The number of esters is 1. The fourth-order valence-corrected chi connectivity index (χ4v) is 6.70. The SMILES string of the molecule is CC(=O)OC[C@@H](C)NC(=O)N(C[C@@H]1CN(C(=O)OC(C)(C)C)C[C@H]1O)C(c1nc(-c2cc(F)ccc2F)cn1Cc1ccccc1)C1CCOCC1. The molecule has 3 aromatic rings. The molecule has 0 radical (unpaired) electrons. The van der Waals surface area contributed by atoms with Crippen molar-refractivity contribution in [3.63, 3.8) is 0 Å². The Morgan fingerprint density at radius 2 is 1.81 bits per heavy atom. The van der Waals surface area contributed by atoms with E-state index < -0.39 is 59.4 Å². The first-order valence-electron chi connectivity index (χ1n) is 17.7. The molecule has 0 aliphatic carbocycles. The maximum Gasteiger partial charge on any atom is 0.410 e. The number of aliphatic hydroxyl groups excluding tert-OH is 1. The summed E-state index contributed by atoms with van der Waals surface area (Å²) in [4.78, 5) is 47.1. The maximum absolute atomic E-state index is 15.2. The number of urea groups is 1. The smallest absolute Gasteiger partial charge is 0.410 e. The zero-order valence-corrected chi connectivity index (χ0v) is 30.4. The maximum atomic E-state index is 15.2. The van der Waals surface area contributed by atoms with E-state index in [0.717, 1.165) is 23.8 Å². The van der Waals surface area contributed by atoms with Crippen LogP contribution in [0.15, 0.2) is 54.7 Å². The van der Waals surface area contributed by atoms with Gasteiger partial charge in [-0.3, -0.25) is 4.79 Å². The highest BCUT2D eigenvalue weighted by Gasteiger charge is 2.43. The van der Waals surface area contributed by atoms with Crippen LogP contribution in [0, 0.1) is 23.5 Å². The lowest BCUT2D eigenvalue weighted by Crippen LogP contribution is -2.52. The lowest BCUT2D eigenvalue weighted by molar-refractivity contribution is -0.141. The van der Waals surface area contributed by atoms with Crippen LogP contribution in [0.2, 0.25) is 0 Å². The highest BCUT2D eigenvalue weighted by Crippen LogP contribution is 2.38. The highest BCUT2D eigenvalue weighted by molar-refractivity contribution is 5.75. The molecule has 0 saturated carbocycles. The summed E-state index contributed by atoms with van der Waals surface area (Å²) in [6.45, 7) is 9.55. The number of β-amino-alcohol motifs (C(OH)–C–C–N with tert-alkyl or cyclic N) is 1. The molecule has 282 valence electrons. The number of hydrogen-bond donors (Lipinski definition) is 2.